The van der Waals surface area contributed by atoms with E-state index < -0.39 is 0 Å². The molecule has 0 bridgehead atoms. The molecule has 0 aromatic rings. The molecule has 0 atom stereocenters. The molecule has 0 unspecified atom stereocenters. The van der Waals surface area contributed by atoms with Gasteiger partial charge in [-0.1, -0.05) is 34.6 Å². The molecule has 0 rings (SSSR count). The van der Waals surface area contributed by atoms with Gasteiger partial charge in [-0.15, -0.1) is 0 Å². The summed E-state index contributed by atoms with van der Waals surface area (Å²) < 4.78 is 5.30. The van der Waals surface area contributed by atoms with Gasteiger partial charge in [-0.05, 0) is 0 Å². The highest BCUT2D eigenvalue weighted by Crippen LogP contribution is 2.11. The quantitative estimate of drug-likeness (QED) is 0.668. The predicted molar refractivity (Wildman–Crippen MR) is 71.1 cm³/mol. The molecule has 5 heteroatoms. The molecule has 2 amide bonds. The van der Waals surface area contributed by atoms with Crippen molar-refractivity contribution < 1.29 is 14.3 Å². The van der Waals surface area contributed by atoms with Crippen molar-refractivity contribution in [2.75, 3.05) is 26.3 Å². The van der Waals surface area contributed by atoms with Crippen LogP contribution in [0.15, 0.2) is 0 Å². The largest absolute Gasteiger partial charge is 0.378 e. The Morgan fingerprint density at radius 3 is 2.00 bits per heavy atom. The first-order valence-electron chi connectivity index (χ1n) is 6.39. The van der Waals surface area contributed by atoms with Gasteiger partial charge in [0.25, 0.3) is 0 Å². The SMILES string of the molecule is CC(C)C(=O)NCCOCCNC(=O)C(C)(C)C. The minimum absolute atomic E-state index is 0.00364. The molecule has 0 aromatic heterocycles. The lowest BCUT2D eigenvalue weighted by molar-refractivity contribution is -0.128. The molecule has 0 saturated carbocycles. The average molecular weight is 258 g/mol. The van der Waals surface area contributed by atoms with E-state index in [1.165, 1.54) is 0 Å². The van der Waals surface area contributed by atoms with Crippen LogP contribution in [0, 0.1) is 11.3 Å². The number of rotatable bonds is 7. The molecule has 106 valence electrons. The first kappa shape index (κ1) is 16.9. The van der Waals surface area contributed by atoms with E-state index in [4.69, 9.17) is 4.74 Å². The number of carbonyl (C=O) groups excluding carboxylic acids is 2. The fraction of sp³-hybridized carbons (Fsp3) is 0.846. The molecule has 0 aliphatic rings. The molecule has 0 aliphatic heterocycles. The van der Waals surface area contributed by atoms with E-state index in [0.717, 1.165) is 0 Å². The summed E-state index contributed by atoms with van der Waals surface area (Å²) in [6.07, 6.45) is 0. The summed E-state index contributed by atoms with van der Waals surface area (Å²) in [4.78, 5) is 22.7. The summed E-state index contributed by atoms with van der Waals surface area (Å²) in [5, 5.41) is 5.54. The lowest BCUT2D eigenvalue weighted by atomic mass is 9.96. The van der Waals surface area contributed by atoms with Crippen LogP contribution in [0.1, 0.15) is 34.6 Å². The summed E-state index contributed by atoms with van der Waals surface area (Å²) in [6.45, 7) is 11.2. The average Bonchev–Trinajstić information content (AvgIpc) is 2.25. The summed E-state index contributed by atoms with van der Waals surface area (Å²) in [6, 6.07) is 0. The van der Waals surface area contributed by atoms with Crippen LogP contribution in [0.4, 0.5) is 0 Å². The Balaban J connectivity index is 3.42. The van der Waals surface area contributed by atoms with Crippen molar-refractivity contribution in [1.82, 2.24) is 10.6 Å². The van der Waals surface area contributed by atoms with Crippen LogP contribution < -0.4 is 10.6 Å². The number of amides is 2. The molecule has 0 spiro atoms. The lowest BCUT2D eigenvalue weighted by Crippen LogP contribution is -2.37. The molecule has 2 N–H and O–H groups in total. The molecule has 18 heavy (non-hydrogen) atoms. The van der Waals surface area contributed by atoms with Crippen LogP contribution in [-0.4, -0.2) is 38.1 Å². The summed E-state index contributed by atoms with van der Waals surface area (Å²) in [5.74, 6) is 0.0370. The third-order valence-corrected chi connectivity index (χ3v) is 2.28. The topological polar surface area (TPSA) is 67.4 Å². The fourth-order valence-electron chi connectivity index (χ4n) is 1.05. The van der Waals surface area contributed by atoms with Gasteiger partial charge < -0.3 is 15.4 Å². The van der Waals surface area contributed by atoms with E-state index in [-0.39, 0.29) is 23.1 Å². The van der Waals surface area contributed by atoms with Crippen LogP contribution in [0.5, 0.6) is 0 Å². The van der Waals surface area contributed by atoms with Crippen molar-refractivity contribution in [3.63, 3.8) is 0 Å². The second-order valence-electron chi connectivity index (χ2n) is 5.56. The van der Waals surface area contributed by atoms with Gasteiger partial charge in [0.1, 0.15) is 0 Å². The van der Waals surface area contributed by atoms with Crippen LogP contribution >= 0.6 is 0 Å². The van der Waals surface area contributed by atoms with Crippen molar-refractivity contribution >= 4 is 11.8 Å². The van der Waals surface area contributed by atoms with Crippen LogP contribution in [0.2, 0.25) is 0 Å². The van der Waals surface area contributed by atoms with E-state index in [0.29, 0.717) is 26.3 Å². The number of ether oxygens (including phenoxy) is 1. The normalized spacial score (nSPS) is 11.4. The molecule has 0 aromatic carbocycles. The first-order valence-corrected chi connectivity index (χ1v) is 6.39. The Bertz CT molecular complexity index is 270. The fourth-order valence-corrected chi connectivity index (χ4v) is 1.05. The van der Waals surface area contributed by atoms with Gasteiger partial charge in [-0.2, -0.15) is 0 Å². The number of nitrogens with one attached hydrogen (secondary N) is 2. The lowest BCUT2D eigenvalue weighted by Gasteiger charge is -2.17. The smallest absolute Gasteiger partial charge is 0.225 e. The highest BCUT2D eigenvalue weighted by atomic mass is 16.5. The Kier molecular flexibility index (Phi) is 7.59. The van der Waals surface area contributed by atoms with E-state index in [1.54, 1.807) is 0 Å². The Labute approximate surface area is 110 Å². The van der Waals surface area contributed by atoms with Crippen molar-refractivity contribution in [2.45, 2.75) is 34.6 Å². The van der Waals surface area contributed by atoms with Crippen LogP contribution in [-0.2, 0) is 14.3 Å². The van der Waals surface area contributed by atoms with Crippen LogP contribution in [0.25, 0.3) is 0 Å². The van der Waals surface area contributed by atoms with Gasteiger partial charge in [0.05, 0.1) is 13.2 Å². The standard InChI is InChI=1S/C13H26N2O3/c1-10(2)11(16)14-6-8-18-9-7-15-12(17)13(3,4)5/h10H,6-9H2,1-5H3,(H,14,16)(H,15,17). The molecular weight excluding hydrogens is 232 g/mol. The second kappa shape index (κ2) is 8.08. The molecule has 5 nitrogen and oxygen atoms in total. The monoisotopic (exact) mass is 258 g/mol. The van der Waals surface area contributed by atoms with Crippen molar-refractivity contribution in [3.05, 3.63) is 0 Å². The Morgan fingerprint density at radius 2 is 1.56 bits per heavy atom. The minimum Gasteiger partial charge on any atom is -0.378 e. The van der Waals surface area contributed by atoms with Gasteiger partial charge >= 0.3 is 0 Å². The molecular formula is C13H26N2O3. The molecule has 0 heterocycles. The van der Waals surface area contributed by atoms with E-state index in [2.05, 4.69) is 10.6 Å². The molecule has 0 fully saturated rings. The zero-order valence-corrected chi connectivity index (χ0v) is 12.1. The van der Waals surface area contributed by atoms with E-state index >= 15 is 0 Å². The molecule has 0 radical (unpaired) electrons. The van der Waals surface area contributed by atoms with Gasteiger partial charge in [0.15, 0.2) is 0 Å². The maximum absolute atomic E-state index is 11.5. The highest BCUT2D eigenvalue weighted by molar-refractivity contribution is 5.81. The van der Waals surface area contributed by atoms with Crippen LogP contribution in [0.3, 0.4) is 0 Å². The summed E-state index contributed by atoms with van der Waals surface area (Å²) in [7, 11) is 0. The highest BCUT2D eigenvalue weighted by Gasteiger charge is 2.20. The number of hydrogen-bond donors (Lipinski definition) is 2. The number of hydrogen-bond acceptors (Lipinski definition) is 3. The summed E-state index contributed by atoms with van der Waals surface area (Å²) in [5.41, 5.74) is -0.370. The van der Waals surface area contributed by atoms with Gasteiger partial charge in [-0.25, -0.2) is 0 Å². The third-order valence-electron chi connectivity index (χ3n) is 2.28. The molecule has 0 saturated heterocycles. The van der Waals surface area contributed by atoms with Crippen molar-refractivity contribution in [1.29, 1.82) is 0 Å². The Morgan fingerprint density at radius 1 is 1.06 bits per heavy atom. The maximum atomic E-state index is 11.5. The van der Waals surface area contributed by atoms with E-state index in [9.17, 15) is 9.59 Å². The van der Waals surface area contributed by atoms with E-state index in [1.807, 2.05) is 34.6 Å². The van der Waals surface area contributed by atoms with Gasteiger partial charge in [0, 0.05) is 24.4 Å². The van der Waals surface area contributed by atoms with Gasteiger partial charge in [-0.3, -0.25) is 9.59 Å². The first-order chi connectivity index (χ1) is 8.25. The maximum Gasteiger partial charge on any atom is 0.225 e. The van der Waals surface area contributed by atoms with Gasteiger partial charge in [0.2, 0.25) is 11.8 Å². The number of carbonyl (C=O) groups is 2. The van der Waals surface area contributed by atoms with Crippen molar-refractivity contribution in [3.8, 4) is 0 Å². The zero-order chi connectivity index (χ0) is 14.2. The zero-order valence-electron chi connectivity index (χ0n) is 12.1. The van der Waals surface area contributed by atoms with Crippen molar-refractivity contribution in [2.24, 2.45) is 11.3 Å². The Hall–Kier alpha value is -1.10. The third kappa shape index (κ3) is 8.06. The minimum atomic E-state index is -0.370. The second-order valence-corrected chi connectivity index (χ2v) is 5.56. The summed E-state index contributed by atoms with van der Waals surface area (Å²) >= 11 is 0. The predicted octanol–water partition coefficient (Wildman–Crippen LogP) is 0.937. The molecule has 0 aliphatic carbocycles.